The summed E-state index contributed by atoms with van der Waals surface area (Å²) < 4.78 is 27.1. The first-order valence-electron chi connectivity index (χ1n) is 10.3. The molecule has 1 fully saturated rings. The molecule has 32 heavy (non-hydrogen) atoms. The van der Waals surface area contributed by atoms with Gasteiger partial charge in [-0.3, -0.25) is 0 Å². The van der Waals surface area contributed by atoms with Crippen molar-refractivity contribution >= 4 is 34.9 Å². The first-order valence-corrected chi connectivity index (χ1v) is 12.0. The van der Waals surface area contributed by atoms with Gasteiger partial charge in [0.25, 0.3) is 0 Å². The van der Waals surface area contributed by atoms with Crippen LogP contribution in [0.1, 0.15) is 30.0 Å². The maximum absolute atomic E-state index is 13.9. The molecule has 7 nitrogen and oxygen atoms in total. The Kier molecular flexibility index (Phi) is 6.82. The lowest BCUT2D eigenvalue weighted by molar-refractivity contribution is 0.0591. The van der Waals surface area contributed by atoms with E-state index in [0.29, 0.717) is 40.4 Å². The molecular formula is C22H25FN4O3S2. The van der Waals surface area contributed by atoms with Crippen LogP contribution in [-0.2, 0) is 9.47 Å². The van der Waals surface area contributed by atoms with Gasteiger partial charge in [-0.15, -0.1) is 11.8 Å². The molecule has 0 N–H and O–H groups in total. The Morgan fingerprint density at radius 2 is 2.06 bits per heavy atom. The zero-order valence-electron chi connectivity index (χ0n) is 18.4. The number of aryl methyl sites for hydroxylation is 1. The quantitative estimate of drug-likeness (QED) is 0.381. The van der Waals surface area contributed by atoms with Crippen LogP contribution in [0.4, 0.5) is 10.2 Å². The van der Waals surface area contributed by atoms with Crippen LogP contribution >= 0.6 is 23.1 Å². The molecule has 0 spiro atoms. The number of anilines is 1. The summed E-state index contributed by atoms with van der Waals surface area (Å²) in [7, 11) is 1.32. The van der Waals surface area contributed by atoms with Crippen LogP contribution in [0.2, 0.25) is 0 Å². The molecule has 2 aromatic heterocycles. The van der Waals surface area contributed by atoms with Crippen molar-refractivity contribution in [1.82, 2.24) is 14.8 Å². The SMILES string of the molecule is COC(=O)c1c(-c2cccc(F)c2)c(C)nn1-c1nc(N2CCOCC2)c(SC(C)C)s1. The summed E-state index contributed by atoms with van der Waals surface area (Å²) in [6.45, 7) is 8.87. The summed E-state index contributed by atoms with van der Waals surface area (Å²) in [4.78, 5) is 19.9. The smallest absolute Gasteiger partial charge is 0.357 e. The van der Waals surface area contributed by atoms with Crippen molar-refractivity contribution in [3.05, 3.63) is 41.5 Å². The van der Waals surface area contributed by atoms with E-state index in [2.05, 4.69) is 23.8 Å². The molecule has 0 saturated carbocycles. The molecule has 170 valence electrons. The van der Waals surface area contributed by atoms with Crippen molar-refractivity contribution in [2.75, 3.05) is 38.3 Å². The number of thiazole rings is 1. The standard InChI is InChI=1S/C22H25FN4O3S2/c1-13(2)31-21-19(26-8-10-30-11-9-26)24-22(32-21)27-18(20(28)29-4)17(14(3)25-27)15-6-5-7-16(23)12-15/h5-7,12-13H,8-11H2,1-4H3. The third kappa shape index (κ3) is 4.53. The molecule has 3 aromatic rings. The molecule has 1 aliphatic rings. The molecule has 0 atom stereocenters. The number of rotatable bonds is 6. The lowest BCUT2D eigenvalue weighted by Crippen LogP contribution is -2.36. The number of thioether (sulfide) groups is 1. The van der Waals surface area contributed by atoms with E-state index in [-0.39, 0.29) is 11.5 Å². The first kappa shape index (κ1) is 22.8. The van der Waals surface area contributed by atoms with Crippen molar-refractivity contribution in [3.63, 3.8) is 0 Å². The zero-order valence-corrected chi connectivity index (χ0v) is 20.1. The summed E-state index contributed by atoms with van der Waals surface area (Å²) in [5, 5.41) is 5.56. The van der Waals surface area contributed by atoms with Gasteiger partial charge in [-0.05, 0) is 24.6 Å². The third-order valence-corrected chi connectivity index (χ3v) is 7.18. The summed E-state index contributed by atoms with van der Waals surface area (Å²) in [5.74, 6) is -0.0562. The molecule has 3 heterocycles. The van der Waals surface area contributed by atoms with Gasteiger partial charge >= 0.3 is 5.97 Å². The van der Waals surface area contributed by atoms with Gasteiger partial charge in [-0.2, -0.15) is 14.8 Å². The Hall–Kier alpha value is -2.43. The summed E-state index contributed by atoms with van der Waals surface area (Å²) >= 11 is 3.22. The van der Waals surface area contributed by atoms with Gasteiger partial charge in [-0.25, -0.2) is 9.18 Å². The molecule has 4 rings (SSSR count). The molecular weight excluding hydrogens is 451 g/mol. The Balaban J connectivity index is 1.87. The van der Waals surface area contributed by atoms with Crippen molar-refractivity contribution < 1.29 is 18.7 Å². The fraction of sp³-hybridized carbons (Fsp3) is 0.409. The normalized spacial score (nSPS) is 14.2. The molecule has 0 unspecified atom stereocenters. The summed E-state index contributed by atoms with van der Waals surface area (Å²) in [6, 6.07) is 6.12. The van der Waals surface area contributed by atoms with Crippen LogP contribution in [0.15, 0.2) is 28.5 Å². The highest BCUT2D eigenvalue weighted by atomic mass is 32.2. The number of hydrogen-bond donors (Lipinski definition) is 0. The number of methoxy groups -OCH3 is 1. The predicted molar refractivity (Wildman–Crippen MR) is 125 cm³/mol. The number of benzene rings is 1. The number of hydrogen-bond acceptors (Lipinski definition) is 8. The summed E-state index contributed by atoms with van der Waals surface area (Å²) in [5.41, 5.74) is 1.93. The van der Waals surface area contributed by atoms with Gasteiger partial charge in [0.2, 0.25) is 5.13 Å². The highest BCUT2D eigenvalue weighted by molar-refractivity contribution is 8.01. The number of esters is 1. The molecule has 0 amide bonds. The zero-order chi connectivity index (χ0) is 22.8. The Labute approximate surface area is 194 Å². The van der Waals surface area contributed by atoms with Crippen LogP contribution in [-0.4, -0.2) is 59.4 Å². The molecule has 0 bridgehead atoms. The van der Waals surface area contributed by atoms with Gasteiger partial charge in [-0.1, -0.05) is 37.3 Å². The van der Waals surface area contributed by atoms with Crippen molar-refractivity contribution in [3.8, 4) is 16.3 Å². The first-order chi connectivity index (χ1) is 15.4. The summed E-state index contributed by atoms with van der Waals surface area (Å²) in [6.07, 6.45) is 0. The number of morpholine rings is 1. The Morgan fingerprint density at radius 3 is 2.72 bits per heavy atom. The topological polar surface area (TPSA) is 69.5 Å². The third-order valence-electron chi connectivity index (χ3n) is 4.96. The van der Waals surface area contributed by atoms with Crippen LogP contribution in [0.5, 0.6) is 0 Å². The second-order valence-corrected chi connectivity index (χ2v) is 10.4. The molecule has 1 aromatic carbocycles. The number of carbonyl (C=O) groups is 1. The minimum atomic E-state index is -0.550. The van der Waals surface area contributed by atoms with Crippen molar-refractivity contribution in [2.45, 2.75) is 30.2 Å². The van der Waals surface area contributed by atoms with E-state index in [4.69, 9.17) is 14.5 Å². The van der Waals surface area contributed by atoms with Crippen LogP contribution in [0.3, 0.4) is 0 Å². The number of halogens is 1. The van der Waals surface area contributed by atoms with Gasteiger partial charge in [0.1, 0.15) is 10.0 Å². The van der Waals surface area contributed by atoms with Crippen LogP contribution in [0, 0.1) is 12.7 Å². The maximum atomic E-state index is 13.9. The molecule has 1 aliphatic heterocycles. The maximum Gasteiger partial charge on any atom is 0.357 e. The average Bonchev–Trinajstić information content (AvgIpc) is 3.34. The average molecular weight is 477 g/mol. The van der Waals surface area contributed by atoms with E-state index in [1.807, 2.05) is 0 Å². The van der Waals surface area contributed by atoms with Crippen LogP contribution < -0.4 is 4.90 Å². The fourth-order valence-corrected chi connectivity index (χ4v) is 6.07. The highest BCUT2D eigenvalue weighted by Crippen LogP contribution is 2.41. The van der Waals surface area contributed by atoms with Gasteiger partial charge < -0.3 is 14.4 Å². The predicted octanol–water partition coefficient (Wildman–Crippen LogP) is 4.57. The van der Waals surface area contributed by atoms with Gasteiger partial charge in [0.05, 0.1) is 26.0 Å². The van der Waals surface area contributed by atoms with E-state index < -0.39 is 5.97 Å². The van der Waals surface area contributed by atoms with E-state index in [1.54, 1.807) is 30.8 Å². The second kappa shape index (κ2) is 9.60. The minimum Gasteiger partial charge on any atom is -0.464 e. The van der Waals surface area contributed by atoms with E-state index in [9.17, 15) is 9.18 Å². The molecule has 0 radical (unpaired) electrons. The highest BCUT2D eigenvalue weighted by Gasteiger charge is 2.28. The Bertz CT molecular complexity index is 1120. The number of nitrogens with zero attached hydrogens (tertiary/aromatic N) is 4. The Morgan fingerprint density at radius 1 is 1.31 bits per heavy atom. The van der Waals surface area contributed by atoms with Gasteiger partial charge in [0.15, 0.2) is 11.5 Å². The van der Waals surface area contributed by atoms with Crippen molar-refractivity contribution in [1.29, 1.82) is 0 Å². The minimum absolute atomic E-state index is 0.235. The molecule has 1 saturated heterocycles. The number of ether oxygens (including phenoxy) is 2. The lowest BCUT2D eigenvalue weighted by atomic mass is 10.0. The van der Waals surface area contributed by atoms with Crippen LogP contribution in [0.25, 0.3) is 16.3 Å². The van der Waals surface area contributed by atoms with E-state index in [1.165, 1.54) is 35.3 Å². The second-order valence-electron chi connectivity index (χ2n) is 7.60. The number of aromatic nitrogens is 3. The molecule has 10 heteroatoms. The fourth-order valence-electron chi connectivity index (χ4n) is 3.58. The lowest BCUT2D eigenvalue weighted by Gasteiger charge is -2.27. The monoisotopic (exact) mass is 476 g/mol. The molecule has 0 aliphatic carbocycles. The largest absolute Gasteiger partial charge is 0.464 e. The van der Waals surface area contributed by atoms with Crippen molar-refractivity contribution in [2.24, 2.45) is 0 Å². The number of carbonyl (C=O) groups excluding carboxylic acids is 1. The van der Waals surface area contributed by atoms with Gasteiger partial charge in [0, 0.05) is 23.9 Å². The van der Waals surface area contributed by atoms with E-state index >= 15 is 0 Å². The van der Waals surface area contributed by atoms with E-state index in [0.717, 1.165) is 23.1 Å².